The van der Waals surface area contributed by atoms with Gasteiger partial charge in [0.1, 0.15) is 6.04 Å². The molecule has 28 heavy (non-hydrogen) atoms. The topological polar surface area (TPSA) is 117 Å². The fraction of sp³-hybridized carbons (Fsp3) is 0.526. The minimum atomic E-state index is -0.931. The number of benzene rings is 1. The van der Waals surface area contributed by atoms with Gasteiger partial charge in [-0.25, -0.2) is 4.79 Å². The van der Waals surface area contributed by atoms with Gasteiger partial charge in [0.25, 0.3) is 5.91 Å². The van der Waals surface area contributed by atoms with E-state index in [9.17, 15) is 19.5 Å². The van der Waals surface area contributed by atoms with Crippen molar-refractivity contribution in [3.63, 3.8) is 0 Å². The summed E-state index contributed by atoms with van der Waals surface area (Å²) >= 11 is 0. The van der Waals surface area contributed by atoms with E-state index in [1.54, 1.807) is 18.2 Å². The number of aliphatic hydroxyl groups excluding tert-OH is 1. The van der Waals surface area contributed by atoms with E-state index in [0.29, 0.717) is 17.1 Å². The zero-order valence-corrected chi connectivity index (χ0v) is 16.5. The minimum absolute atomic E-state index is 0.0457. The summed E-state index contributed by atoms with van der Waals surface area (Å²) in [6.07, 6.45) is -0.184. The van der Waals surface area contributed by atoms with Gasteiger partial charge in [0, 0.05) is 0 Å². The van der Waals surface area contributed by atoms with Crippen molar-refractivity contribution in [3.8, 4) is 11.5 Å². The van der Waals surface area contributed by atoms with E-state index in [4.69, 9.17) is 9.47 Å². The van der Waals surface area contributed by atoms with E-state index in [0.717, 1.165) is 4.90 Å². The van der Waals surface area contributed by atoms with Gasteiger partial charge in [0.15, 0.2) is 11.5 Å². The Morgan fingerprint density at radius 3 is 2.50 bits per heavy atom. The molecule has 0 aliphatic carbocycles. The van der Waals surface area contributed by atoms with Gasteiger partial charge in [0.05, 0.1) is 39.8 Å². The highest BCUT2D eigenvalue weighted by atomic mass is 16.5. The molecule has 1 unspecified atom stereocenters. The molecule has 1 fully saturated rings. The molecule has 1 aromatic rings. The Morgan fingerprint density at radius 1 is 1.25 bits per heavy atom. The number of urea groups is 1. The van der Waals surface area contributed by atoms with Crippen LogP contribution < -0.4 is 20.1 Å². The lowest BCUT2D eigenvalue weighted by Crippen LogP contribution is -2.44. The molecule has 1 saturated heterocycles. The van der Waals surface area contributed by atoms with Crippen molar-refractivity contribution in [1.82, 2.24) is 15.5 Å². The Bertz CT molecular complexity index is 736. The molecule has 3 N–H and O–H groups in total. The summed E-state index contributed by atoms with van der Waals surface area (Å²) in [5, 5.41) is 14.5. The first-order valence-electron chi connectivity index (χ1n) is 9.03. The highest BCUT2D eigenvalue weighted by Gasteiger charge is 2.39. The number of nitrogens with one attached hydrogen (secondary N) is 2. The molecule has 9 nitrogen and oxygen atoms in total. The second-order valence-electron chi connectivity index (χ2n) is 6.92. The van der Waals surface area contributed by atoms with Crippen molar-refractivity contribution in [1.29, 1.82) is 0 Å². The largest absolute Gasteiger partial charge is 0.493 e. The van der Waals surface area contributed by atoms with Crippen LogP contribution in [0.2, 0.25) is 0 Å². The highest BCUT2D eigenvalue weighted by Crippen LogP contribution is 2.28. The first-order chi connectivity index (χ1) is 13.3. The van der Waals surface area contributed by atoms with Gasteiger partial charge in [-0.2, -0.15) is 0 Å². The number of ether oxygens (including phenoxy) is 2. The monoisotopic (exact) mass is 393 g/mol. The van der Waals surface area contributed by atoms with Crippen molar-refractivity contribution in [3.05, 3.63) is 23.8 Å². The van der Waals surface area contributed by atoms with Crippen molar-refractivity contribution in [2.45, 2.75) is 38.9 Å². The van der Waals surface area contributed by atoms with Gasteiger partial charge in [-0.3, -0.25) is 14.5 Å². The predicted molar refractivity (Wildman–Crippen MR) is 101 cm³/mol. The van der Waals surface area contributed by atoms with Crippen LogP contribution in [0.15, 0.2) is 18.2 Å². The molecule has 0 aromatic heterocycles. The van der Waals surface area contributed by atoms with Crippen molar-refractivity contribution >= 4 is 17.8 Å². The molecule has 0 saturated carbocycles. The number of hydrogen-bond donors (Lipinski definition) is 3. The number of carbonyl (C=O) groups is 3. The fourth-order valence-corrected chi connectivity index (χ4v) is 2.90. The lowest BCUT2D eigenvalue weighted by atomic mass is 10.0. The molecule has 1 heterocycles. The summed E-state index contributed by atoms with van der Waals surface area (Å²) in [6.45, 7) is 3.59. The smallest absolute Gasteiger partial charge is 0.325 e. The van der Waals surface area contributed by atoms with Gasteiger partial charge in [0.2, 0.25) is 5.91 Å². The molecule has 2 atom stereocenters. The summed E-state index contributed by atoms with van der Waals surface area (Å²) in [5.41, 5.74) is 0.686. The molecule has 1 aliphatic rings. The van der Waals surface area contributed by atoms with E-state index in [-0.39, 0.29) is 25.5 Å². The molecule has 154 valence electrons. The van der Waals surface area contributed by atoms with Crippen molar-refractivity contribution in [2.24, 2.45) is 5.92 Å². The van der Waals surface area contributed by atoms with Gasteiger partial charge in [-0.1, -0.05) is 19.9 Å². The summed E-state index contributed by atoms with van der Waals surface area (Å²) in [6, 6.07) is 3.23. The first-order valence-corrected chi connectivity index (χ1v) is 9.03. The highest BCUT2D eigenvalue weighted by molar-refractivity contribution is 6.05. The van der Waals surface area contributed by atoms with Crippen molar-refractivity contribution < 1.29 is 29.0 Å². The van der Waals surface area contributed by atoms with Crippen LogP contribution in [0.25, 0.3) is 0 Å². The van der Waals surface area contributed by atoms with Crippen LogP contribution in [0, 0.1) is 5.92 Å². The SMILES string of the molecule is COc1ccc(CN2C(=O)NC(CC(=O)N[C@H](CO)C(C)C)C2=O)cc1OC. The number of hydrogen-bond acceptors (Lipinski definition) is 6. The summed E-state index contributed by atoms with van der Waals surface area (Å²) in [5.74, 6) is 0.206. The minimum Gasteiger partial charge on any atom is -0.493 e. The quantitative estimate of drug-likeness (QED) is 0.530. The predicted octanol–water partition coefficient (Wildman–Crippen LogP) is 0.647. The molecule has 0 radical (unpaired) electrons. The molecular weight excluding hydrogens is 366 g/mol. The molecule has 0 spiro atoms. The molecule has 9 heteroatoms. The fourth-order valence-electron chi connectivity index (χ4n) is 2.90. The maximum absolute atomic E-state index is 12.6. The van der Waals surface area contributed by atoms with E-state index in [2.05, 4.69) is 10.6 Å². The Labute approximate surface area is 164 Å². The Balaban J connectivity index is 2.02. The van der Waals surface area contributed by atoms with E-state index >= 15 is 0 Å². The number of aliphatic hydroxyl groups is 1. The van der Waals surface area contributed by atoms with Gasteiger partial charge in [-0.05, 0) is 23.6 Å². The van der Waals surface area contributed by atoms with Crippen LogP contribution in [0.1, 0.15) is 25.8 Å². The maximum Gasteiger partial charge on any atom is 0.325 e. The number of imide groups is 1. The normalized spacial score (nSPS) is 17.5. The Morgan fingerprint density at radius 2 is 1.93 bits per heavy atom. The molecule has 0 bridgehead atoms. The van der Waals surface area contributed by atoms with E-state index in [1.165, 1.54) is 14.2 Å². The van der Waals surface area contributed by atoms with Crippen LogP contribution >= 0.6 is 0 Å². The average molecular weight is 393 g/mol. The van der Waals surface area contributed by atoms with Crippen LogP contribution in [-0.4, -0.2) is 60.8 Å². The first kappa shape index (κ1) is 21.5. The molecule has 4 amide bonds. The summed E-state index contributed by atoms with van der Waals surface area (Å²) in [4.78, 5) is 38.0. The number of carbonyl (C=O) groups excluding carboxylic acids is 3. The Hall–Kier alpha value is -2.81. The van der Waals surface area contributed by atoms with Crippen molar-refractivity contribution in [2.75, 3.05) is 20.8 Å². The molecule has 1 aromatic carbocycles. The standard InChI is InChI=1S/C19H27N3O6/c1-11(2)14(10-23)20-17(24)8-13-18(25)22(19(26)21-13)9-12-5-6-15(27-3)16(7-12)28-4/h5-7,11,13-14,23H,8-10H2,1-4H3,(H,20,24)(H,21,26)/t13?,14-/m1/s1. The number of amides is 4. The third-order valence-electron chi connectivity index (χ3n) is 4.63. The Kier molecular flexibility index (Phi) is 7.22. The summed E-state index contributed by atoms with van der Waals surface area (Å²) < 4.78 is 10.4. The number of nitrogens with zero attached hydrogens (tertiary/aromatic N) is 1. The van der Waals surface area contributed by atoms with E-state index in [1.807, 2.05) is 13.8 Å². The zero-order valence-electron chi connectivity index (χ0n) is 16.5. The van der Waals surface area contributed by atoms with Crippen LogP contribution in [0.4, 0.5) is 4.79 Å². The average Bonchev–Trinajstić information content (AvgIpc) is 2.92. The summed E-state index contributed by atoms with van der Waals surface area (Å²) in [7, 11) is 3.02. The third kappa shape index (κ3) is 4.92. The van der Waals surface area contributed by atoms with Crippen LogP contribution in [0.5, 0.6) is 11.5 Å². The lowest BCUT2D eigenvalue weighted by Gasteiger charge is -2.20. The van der Waals surface area contributed by atoms with Gasteiger partial charge < -0.3 is 25.2 Å². The number of rotatable bonds is 9. The lowest BCUT2D eigenvalue weighted by molar-refractivity contribution is -0.131. The second-order valence-corrected chi connectivity index (χ2v) is 6.92. The molecule has 1 aliphatic heterocycles. The van der Waals surface area contributed by atoms with Crippen LogP contribution in [0.3, 0.4) is 0 Å². The molecular formula is C19H27N3O6. The number of methoxy groups -OCH3 is 2. The third-order valence-corrected chi connectivity index (χ3v) is 4.63. The second kappa shape index (κ2) is 9.41. The van der Waals surface area contributed by atoms with Gasteiger partial charge in [-0.15, -0.1) is 0 Å². The van der Waals surface area contributed by atoms with Gasteiger partial charge >= 0.3 is 6.03 Å². The molecule has 2 rings (SSSR count). The maximum atomic E-state index is 12.6. The zero-order chi connectivity index (χ0) is 20.8. The van der Waals surface area contributed by atoms with E-state index < -0.39 is 29.9 Å². The van der Waals surface area contributed by atoms with Crippen LogP contribution in [-0.2, 0) is 16.1 Å².